The third-order valence-electron chi connectivity index (χ3n) is 3.35. The first-order valence-electron chi connectivity index (χ1n) is 6.98. The summed E-state index contributed by atoms with van der Waals surface area (Å²) in [5.74, 6) is 0.542. The normalized spacial score (nSPS) is 19.2. The fraction of sp³-hybridized carbons (Fsp3) is 0.533. The summed E-state index contributed by atoms with van der Waals surface area (Å²) in [7, 11) is 0. The van der Waals surface area contributed by atoms with Crippen LogP contribution in [0, 0.1) is 5.92 Å². The molecule has 1 atom stereocenters. The smallest absolute Gasteiger partial charge is 0.322 e. The van der Waals surface area contributed by atoms with E-state index in [-0.39, 0.29) is 12.1 Å². The lowest BCUT2D eigenvalue weighted by Crippen LogP contribution is -2.50. The predicted molar refractivity (Wildman–Crippen MR) is 83.9 cm³/mol. The lowest BCUT2D eigenvalue weighted by atomic mass is 10.0. The Morgan fingerprint density at radius 3 is 2.95 bits per heavy atom. The number of benzene rings is 1. The minimum Gasteiger partial charge on any atom is -0.377 e. The third-order valence-corrected chi connectivity index (χ3v) is 4.04. The van der Waals surface area contributed by atoms with Gasteiger partial charge in [0.25, 0.3) is 0 Å². The van der Waals surface area contributed by atoms with Gasteiger partial charge in [0.15, 0.2) is 0 Å². The summed E-state index contributed by atoms with van der Waals surface area (Å²) in [5.41, 5.74) is 0.798. The molecular formula is C15H21BrN2O2. The van der Waals surface area contributed by atoms with Gasteiger partial charge in [-0.2, -0.15) is 0 Å². The number of hydrogen-bond donors (Lipinski definition) is 1. The van der Waals surface area contributed by atoms with E-state index in [1.807, 2.05) is 29.2 Å². The molecule has 110 valence electrons. The fourth-order valence-electron chi connectivity index (χ4n) is 2.41. The van der Waals surface area contributed by atoms with Crippen molar-refractivity contribution in [1.29, 1.82) is 0 Å². The maximum atomic E-state index is 12.5. The summed E-state index contributed by atoms with van der Waals surface area (Å²) >= 11 is 3.45. The van der Waals surface area contributed by atoms with Crippen LogP contribution in [0.15, 0.2) is 28.7 Å². The molecule has 4 nitrogen and oxygen atoms in total. The molecule has 1 heterocycles. The Labute approximate surface area is 128 Å². The zero-order valence-electron chi connectivity index (χ0n) is 11.9. The van der Waals surface area contributed by atoms with E-state index in [4.69, 9.17) is 4.74 Å². The Morgan fingerprint density at radius 1 is 1.50 bits per heavy atom. The monoisotopic (exact) mass is 340 g/mol. The van der Waals surface area contributed by atoms with Crippen LogP contribution < -0.4 is 5.32 Å². The largest absolute Gasteiger partial charge is 0.377 e. The molecule has 1 aromatic rings. The van der Waals surface area contributed by atoms with Gasteiger partial charge < -0.3 is 15.0 Å². The van der Waals surface area contributed by atoms with Crippen molar-refractivity contribution in [3.05, 3.63) is 28.7 Å². The number of carbonyl (C=O) groups excluding carboxylic acids is 1. The molecule has 1 unspecified atom stereocenters. The van der Waals surface area contributed by atoms with Crippen molar-refractivity contribution < 1.29 is 9.53 Å². The lowest BCUT2D eigenvalue weighted by molar-refractivity contribution is 0.00857. The summed E-state index contributed by atoms with van der Waals surface area (Å²) in [5, 5.41) is 2.97. The second-order valence-corrected chi connectivity index (χ2v) is 6.32. The van der Waals surface area contributed by atoms with E-state index in [2.05, 4.69) is 35.1 Å². The summed E-state index contributed by atoms with van der Waals surface area (Å²) in [6.45, 7) is 6.21. The average molecular weight is 341 g/mol. The third kappa shape index (κ3) is 3.96. The van der Waals surface area contributed by atoms with Crippen LogP contribution in [0.4, 0.5) is 10.5 Å². The van der Waals surface area contributed by atoms with Crippen molar-refractivity contribution in [3.63, 3.8) is 0 Å². The summed E-state index contributed by atoms with van der Waals surface area (Å²) in [6.07, 6.45) is 0.962. The molecule has 1 aliphatic rings. The van der Waals surface area contributed by atoms with Crippen LogP contribution in [0.25, 0.3) is 0 Å². The number of ether oxygens (including phenoxy) is 1. The van der Waals surface area contributed by atoms with Gasteiger partial charge in [-0.3, -0.25) is 0 Å². The predicted octanol–water partition coefficient (Wildman–Crippen LogP) is 3.73. The Bertz CT molecular complexity index is 465. The maximum absolute atomic E-state index is 12.5. The van der Waals surface area contributed by atoms with Crippen LogP contribution in [0.3, 0.4) is 0 Å². The second-order valence-electron chi connectivity index (χ2n) is 5.46. The zero-order valence-corrected chi connectivity index (χ0v) is 13.5. The fourth-order valence-corrected chi connectivity index (χ4v) is 2.80. The standard InChI is InChI=1S/C15H21BrN2O2/c1-11(2)9-12-10-20-8-7-18(12)15(19)17-14-6-4-3-5-13(14)16/h3-6,11-12H,7-10H2,1-2H3,(H,17,19). The van der Waals surface area contributed by atoms with Gasteiger partial charge in [0.2, 0.25) is 0 Å². The van der Waals surface area contributed by atoms with E-state index in [0.717, 1.165) is 16.6 Å². The van der Waals surface area contributed by atoms with E-state index in [1.54, 1.807) is 0 Å². The number of morpholine rings is 1. The molecule has 0 aliphatic carbocycles. The minimum absolute atomic E-state index is 0.0501. The van der Waals surface area contributed by atoms with Crippen LogP contribution in [0.5, 0.6) is 0 Å². The molecule has 0 aromatic heterocycles. The number of halogens is 1. The van der Waals surface area contributed by atoms with Gasteiger partial charge >= 0.3 is 6.03 Å². The number of amides is 2. The van der Waals surface area contributed by atoms with Gasteiger partial charge in [0.05, 0.1) is 24.9 Å². The number of urea groups is 1. The summed E-state index contributed by atoms with van der Waals surface area (Å²) in [4.78, 5) is 14.3. The maximum Gasteiger partial charge on any atom is 0.322 e. The van der Waals surface area contributed by atoms with Crippen molar-refractivity contribution in [1.82, 2.24) is 4.90 Å². The van der Waals surface area contributed by atoms with Gasteiger partial charge in [0.1, 0.15) is 0 Å². The molecule has 1 fully saturated rings. The molecule has 1 N–H and O–H groups in total. The zero-order chi connectivity index (χ0) is 14.5. The average Bonchev–Trinajstić information content (AvgIpc) is 2.41. The number of nitrogens with zero attached hydrogens (tertiary/aromatic N) is 1. The van der Waals surface area contributed by atoms with E-state index < -0.39 is 0 Å². The molecular weight excluding hydrogens is 320 g/mol. The van der Waals surface area contributed by atoms with Gasteiger partial charge in [-0.25, -0.2) is 4.79 Å². The van der Waals surface area contributed by atoms with Crippen LogP contribution in [0.1, 0.15) is 20.3 Å². The highest BCUT2D eigenvalue weighted by atomic mass is 79.9. The van der Waals surface area contributed by atoms with E-state index in [9.17, 15) is 4.79 Å². The highest BCUT2D eigenvalue weighted by Gasteiger charge is 2.28. The first kappa shape index (κ1) is 15.3. The Hall–Kier alpha value is -1.07. The SMILES string of the molecule is CC(C)CC1COCCN1C(=O)Nc1ccccc1Br. The van der Waals surface area contributed by atoms with Gasteiger partial charge in [-0.15, -0.1) is 0 Å². The first-order valence-corrected chi connectivity index (χ1v) is 7.77. The van der Waals surface area contributed by atoms with Crippen molar-refractivity contribution in [2.75, 3.05) is 25.1 Å². The first-order chi connectivity index (χ1) is 9.58. The molecule has 1 aliphatic heterocycles. The Balaban J connectivity index is 2.04. The Kier molecular flexibility index (Phi) is 5.43. The molecule has 1 aromatic carbocycles. The Morgan fingerprint density at radius 2 is 2.25 bits per heavy atom. The molecule has 0 radical (unpaired) electrons. The number of para-hydroxylation sites is 1. The molecule has 2 amide bonds. The number of nitrogens with one attached hydrogen (secondary N) is 1. The molecule has 0 saturated carbocycles. The van der Waals surface area contributed by atoms with Crippen molar-refractivity contribution in [2.24, 2.45) is 5.92 Å². The van der Waals surface area contributed by atoms with Crippen LogP contribution in [-0.4, -0.2) is 36.7 Å². The summed E-state index contributed by atoms with van der Waals surface area (Å²) < 4.78 is 6.40. The van der Waals surface area contributed by atoms with Crippen molar-refractivity contribution in [3.8, 4) is 0 Å². The highest BCUT2D eigenvalue weighted by Crippen LogP contribution is 2.23. The molecule has 0 bridgehead atoms. The van der Waals surface area contributed by atoms with Gasteiger partial charge in [-0.05, 0) is 40.4 Å². The quantitative estimate of drug-likeness (QED) is 0.910. The lowest BCUT2D eigenvalue weighted by Gasteiger charge is -2.36. The van der Waals surface area contributed by atoms with E-state index in [0.29, 0.717) is 25.7 Å². The van der Waals surface area contributed by atoms with Gasteiger partial charge in [-0.1, -0.05) is 26.0 Å². The van der Waals surface area contributed by atoms with E-state index >= 15 is 0 Å². The van der Waals surface area contributed by atoms with Gasteiger partial charge in [0, 0.05) is 11.0 Å². The van der Waals surface area contributed by atoms with Crippen molar-refractivity contribution >= 4 is 27.6 Å². The molecule has 1 saturated heterocycles. The highest BCUT2D eigenvalue weighted by molar-refractivity contribution is 9.10. The van der Waals surface area contributed by atoms with Crippen LogP contribution in [-0.2, 0) is 4.74 Å². The second kappa shape index (κ2) is 7.09. The molecule has 0 spiro atoms. The number of anilines is 1. The molecule has 5 heteroatoms. The van der Waals surface area contributed by atoms with Crippen LogP contribution in [0.2, 0.25) is 0 Å². The van der Waals surface area contributed by atoms with Crippen LogP contribution >= 0.6 is 15.9 Å². The number of carbonyl (C=O) groups is 1. The molecule has 20 heavy (non-hydrogen) atoms. The molecule has 2 rings (SSSR count). The van der Waals surface area contributed by atoms with E-state index in [1.165, 1.54) is 0 Å². The number of hydrogen-bond acceptors (Lipinski definition) is 2. The minimum atomic E-state index is -0.0501. The topological polar surface area (TPSA) is 41.6 Å². The number of rotatable bonds is 3. The summed E-state index contributed by atoms with van der Waals surface area (Å²) in [6, 6.07) is 7.75. The van der Waals surface area contributed by atoms with Crippen molar-refractivity contribution in [2.45, 2.75) is 26.3 Å².